The summed E-state index contributed by atoms with van der Waals surface area (Å²) in [5, 5.41) is 5.23. The largest absolute Gasteiger partial charge is 0.369 e. The molecule has 2 heterocycles. The van der Waals surface area contributed by atoms with Crippen LogP contribution in [0.15, 0.2) is 52.1 Å². The van der Waals surface area contributed by atoms with E-state index in [2.05, 4.69) is 4.98 Å². The lowest BCUT2D eigenvalue weighted by molar-refractivity contribution is -0.118. The Hall–Kier alpha value is -2.11. The molecule has 21 heavy (non-hydrogen) atoms. The van der Waals surface area contributed by atoms with Crippen molar-refractivity contribution in [2.24, 2.45) is 5.73 Å². The number of rotatable bonds is 3. The minimum absolute atomic E-state index is 0. The van der Waals surface area contributed by atoms with Gasteiger partial charge in [-0.15, -0.1) is 12.4 Å². The maximum Gasteiger partial charge on any atom is 0.255 e. The van der Waals surface area contributed by atoms with Gasteiger partial charge in [-0.1, -0.05) is 6.07 Å². The zero-order chi connectivity index (χ0) is 14.1. The molecule has 3 rings (SSSR count). The highest BCUT2D eigenvalue weighted by Gasteiger charge is 2.20. The first-order valence-corrected chi connectivity index (χ1v) is 7.04. The number of fused-ring (bicyclic) bond motifs is 1. The third-order valence-electron chi connectivity index (χ3n) is 3.29. The Morgan fingerprint density at radius 3 is 2.67 bits per heavy atom. The van der Waals surface area contributed by atoms with E-state index in [0.717, 1.165) is 16.5 Å². The molecule has 3 aromatic rings. The monoisotopic (exact) mass is 320 g/mol. The van der Waals surface area contributed by atoms with E-state index < -0.39 is 11.8 Å². The van der Waals surface area contributed by atoms with Crippen molar-refractivity contribution in [1.82, 2.24) is 4.98 Å². The van der Waals surface area contributed by atoms with Crippen LogP contribution in [0.2, 0.25) is 0 Å². The molecule has 1 atom stereocenters. The Morgan fingerprint density at radius 2 is 2.00 bits per heavy atom. The van der Waals surface area contributed by atoms with Crippen LogP contribution in [0.3, 0.4) is 0 Å². The lowest BCUT2D eigenvalue weighted by atomic mass is 9.91. The normalized spacial score (nSPS) is 11.8. The number of carbonyl (C=O) groups excluding carboxylic acids is 1. The summed E-state index contributed by atoms with van der Waals surface area (Å²) in [5.41, 5.74) is 7.07. The maximum atomic E-state index is 11.8. The maximum absolute atomic E-state index is 11.8. The standard InChI is InChI=1S/C15H12N2O2S.ClH/c16-14(18)13(11-4-6-20-8-11)10-1-2-12-9(7-10)3-5-17-15(12)19;/h1-8,13H,(H2,16,18)(H,17,19);1H. The highest BCUT2D eigenvalue weighted by molar-refractivity contribution is 7.08. The molecule has 1 amide bonds. The third kappa shape index (κ3) is 2.84. The molecule has 0 radical (unpaired) electrons. The summed E-state index contributed by atoms with van der Waals surface area (Å²) in [6, 6.07) is 9.06. The van der Waals surface area contributed by atoms with Crippen molar-refractivity contribution in [3.8, 4) is 0 Å². The van der Waals surface area contributed by atoms with Gasteiger partial charge in [0.05, 0.1) is 5.92 Å². The summed E-state index contributed by atoms with van der Waals surface area (Å²) in [6.45, 7) is 0. The van der Waals surface area contributed by atoms with Crippen LogP contribution in [0.25, 0.3) is 10.8 Å². The van der Waals surface area contributed by atoms with Crippen LogP contribution >= 0.6 is 23.7 Å². The topological polar surface area (TPSA) is 76.0 Å². The Labute approximate surface area is 131 Å². The number of thiophene rings is 1. The number of hydrogen-bond acceptors (Lipinski definition) is 3. The summed E-state index contributed by atoms with van der Waals surface area (Å²) >= 11 is 1.52. The van der Waals surface area contributed by atoms with E-state index in [1.807, 2.05) is 29.0 Å². The Kier molecular flexibility index (Phi) is 4.45. The predicted molar refractivity (Wildman–Crippen MR) is 87.2 cm³/mol. The van der Waals surface area contributed by atoms with Crippen molar-refractivity contribution in [1.29, 1.82) is 0 Å². The first-order valence-electron chi connectivity index (χ1n) is 6.09. The Balaban J connectivity index is 0.00000161. The van der Waals surface area contributed by atoms with Gasteiger partial charge in [-0.3, -0.25) is 9.59 Å². The zero-order valence-electron chi connectivity index (χ0n) is 10.9. The molecule has 0 spiro atoms. The van der Waals surface area contributed by atoms with Gasteiger partial charge in [0.2, 0.25) is 5.91 Å². The fourth-order valence-electron chi connectivity index (χ4n) is 2.35. The van der Waals surface area contributed by atoms with E-state index in [4.69, 9.17) is 5.73 Å². The Bertz CT molecular complexity index is 827. The molecular formula is C15H13ClN2O2S. The molecule has 0 saturated heterocycles. The molecule has 0 aliphatic carbocycles. The van der Waals surface area contributed by atoms with Crippen molar-refractivity contribution in [2.75, 3.05) is 0 Å². The van der Waals surface area contributed by atoms with Crippen LogP contribution in [0, 0.1) is 0 Å². The number of benzene rings is 1. The quantitative estimate of drug-likeness (QED) is 0.778. The molecular weight excluding hydrogens is 308 g/mol. The molecule has 0 aliphatic heterocycles. The second-order valence-corrected chi connectivity index (χ2v) is 5.33. The van der Waals surface area contributed by atoms with Crippen molar-refractivity contribution in [3.05, 3.63) is 68.8 Å². The zero-order valence-corrected chi connectivity index (χ0v) is 12.5. The number of amides is 1. The Morgan fingerprint density at radius 1 is 1.19 bits per heavy atom. The lowest BCUT2D eigenvalue weighted by Crippen LogP contribution is -2.22. The smallest absolute Gasteiger partial charge is 0.255 e. The first-order chi connectivity index (χ1) is 9.66. The van der Waals surface area contributed by atoms with Crippen molar-refractivity contribution in [3.63, 3.8) is 0 Å². The van der Waals surface area contributed by atoms with Gasteiger partial charge >= 0.3 is 0 Å². The fraction of sp³-hybridized carbons (Fsp3) is 0.0667. The van der Waals surface area contributed by atoms with Gasteiger partial charge in [0.15, 0.2) is 0 Å². The van der Waals surface area contributed by atoms with E-state index in [0.29, 0.717) is 5.39 Å². The molecule has 2 aromatic heterocycles. The van der Waals surface area contributed by atoms with Gasteiger partial charge in [-0.05, 0) is 51.5 Å². The number of aromatic amines is 1. The van der Waals surface area contributed by atoms with Gasteiger partial charge in [-0.25, -0.2) is 0 Å². The molecule has 0 aliphatic rings. The van der Waals surface area contributed by atoms with E-state index >= 15 is 0 Å². The molecule has 6 heteroatoms. The van der Waals surface area contributed by atoms with Gasteiger partial charge in [0.1, 0.15) is 0 Å². The summed E-state index contributed by atoms with van der Waals surface area (Å²) in [4.78, 5) is 26.1. The number of pyridine rings is 1. The number of H-pyrrole nitrogens is 1. The van der Waals surface area contributed by atoms with E-state index in [-0.39, 0.29) is 18.0 Å². The first kappa shape index (κ1) is 15.3. The van der Waals surface area contributed by atoms with Gasteiger partial charge < -0.3 is 10.7 Å². The number of halogens is 1. The predicted octanol–water partition coefficient (Wildman–Crippen LogP) is 2.63. The number of aromatic nitrogens is 1. The molecule has 3 N–H and O–H groups in total. The van der Waals surface area contributed by atoms with Gasteiger partial charge in [0, 0.05) is 11.6 Å². The lowest BCUT2D eigenvalue weighted by Gasteiger charge is -2.13. The second kappa shape index (κ2) is 6.11. The van der Waals surface area contributed by atoms with E-state index in [1.54, 1.807) is 18.3 Å². The van der Waals surface area contributed by atoms with Crippen LogP contribution in [0.1, 0.15) is 17.0 Å². The van der Waals surface area contributed by atoms with Crippen LogP contribution in [-0.2, 0) is 4.79 Å². The minimum atomic E-state index is -0.482. The van der Waals surface area contributed by atoms with Crippen molar-refractivity contribution < 1.29 is 4.79 Å². The van der Waals surface area contributed by atoms with Crippen LogP contribution in [-0.4, -0.2) is 10.9 Å². The molecule has 108 valence electrons. The average Bonchev–Trinajstić information content (AvgIpc) is 2.92. The number of primary amides is 1. The van der Waals surface area contributed by atoms with Gasteiger partial charge in [0.25, 0.3) is 5.56 Å². The van der Waals surface area contributed by atoms with Crippen LogP contribution in [0.4, 0.5) is 0 Å². The fourth-order valence-corrected chi connectivity index (χ4v) is 3.04. The summed E-state index contributed by atoms with van der Waals surface area (Å²) in [7, 11) is 0. The number of nitrogens with two attached hydrogens (primary N) is 1. The van der Waals surface area contributed by atoms with Gasteiger partial charge in [-0.2, -0.15) is 11.3 Å². The summed E-state index contributed by atoms with van der Waals surface area (Å²) in [5.74, 6) is -0.877. The second-order valence-electron chi connectivity index (χ2n) is 4.55. The minimum Gasteiger partial charge on any atom is -0.369 e. The molecule has 0 bridgehead atoms. The molecule has 4 nitrogen and oxygen atoms in total. The highest BCUT2D eigenvalue weighted by atomic mass is 35.5. The van der Waals surface area contributed by atoms with Crippen LogP contribution < -0.4 is 11.3 Å². The van der Waals surface area contributed by atoms with E-state index in [9.17, 15) is 9.59 Å². The summed E-state index contributed by atoms with van der Waals surface area (Å²) < 4.78 is 0. The molecule has 1 aromatic carbocycles. The van der Waals surface area contributed by atoms with Crippen molar-refractivity contribution >= 4 is 40.4 Å². The number of carbonyl (C=O) groups is 1. The van der Waals surface area contributed by atoms with Crippen LogP contribution in [0.5, 0.6) is 0 Å². The third-order valence-corrected chi connectivity index (χ3v) is 3.99. The highest BCUT2D eigenvalue weighted by Crippen LogP contribution is 2.28. The average molecular weight is 321 g/mol. The molecule has 1 unspecified atom stereocenters. The molecule has 0 saturated carbocycles. The summed E-state index contributed by atoms with van der Waals surface area (Å²) in [6.07, 6.45) is 1.60. The van der Waals surface area contributed by atoms with E-state index in [1.165, 1.54) is 11.3 Å². The SMILES string of the molecule is Cl.NC(=O)C(c1ccsc1)c1ccc2c(=O)[nH]ccc2c1. The van der Waals surface area contributed by atoms with Crippen molar-refractivity contribution in [2.45, 2.75) is 5.92 Å². The number of hydrogen-bond donors (Lipinski definition) is 2. The molecule has 0 fully saturated rings. The number of nitrogens with one attached hydrogen (secondary N) is 1.